The molecular weight excluding hydrogens is 477 g/mol. The van der Waals surface area contributed by atoms with Gasteiger partial charge in [-0.3, -0.25) is 9.36 Å². The Labute approximate surface area is 205 Å². The van der Waals surface area contributed by atoms with Gasteiger partial charge in [0.2, 0.25) is 5.88 Å². The zero-order valence-corrected chi connectivity index (χ0v) is 20.1. The highest BCUT2D eigenvalue weighted by Gasteiger charge is 2.31. The highest BCUT2D eigenvalue weighted by molar-refractivity contribution is 5.90. The maximum atomic E-state index is 13.3. The molecule has 12 heteroatoms. The molecule has 0 saturated carbocycles. The number of rotatable bonds is 4. The fourth-order valence-electron chi connectivity index (χ4n) is 4.18. The zero-order chi connectivity index (χ0) is 26.2. The van der Waals surface area contributed by atoms with E-state index in [9.17, 15) is 22.8 Å². The molecule has 36 heavy (non-hydrogen) atoms. The van der Waals surface area contributed by atoms with Gasteiger partial charge in [0.05, 0.1) is 17.0 Å². The number of benzene rings is 1. The lowest BCUT2D eigenvalue weighted by atomic mass is 10.0. The van der Waals surface area contributed by atoms with Crippen molar-refractivity contribution in [3.05, 3.63) is 51.6 Å². The number of aromatic nitrogens is 3. The molecule has 1 atom stereocenters. The Bertz CT molecular complexity index is 1370. The van der Waals surface area contributed by atoms with E-state index in [0.29, 0.717) is 13.1 Å². The Balaban J connectivity index is 1.72. The molecule has 3 N–H and O–H groups in total. The van der Waals surface area contributed by atoms with Gasteiger partial charge in [-0.2, -0.15) is 13.2 Å². The topological polar surface area (TPSA) is 115 Å². The van der Waals surface area contributed by atoms with Crippen LogP contribution >= 0.6 is 0 Å². The number of nitrogens with one attached hydrogen (secondary N) is 1. The lowest BCUT2D eigenvalue weighted by Gasteiger charge is -2.26. The average Bonchev–Trinajstić information content (AvgIpc) is 2.82. The molecule has 1 saturated heterocycles. The first-order valence-electron chi connectivity index (χ1n) is 11.5. The highest BCUT2D eigenvalue weighted by Crippen LogP contribution is 2.34. The van der Waals surface area contributed by atoms with Crippen molar-refractivity contribution in [3.63, 3.8) is 0 Å². The van der Waals surface area contributed by atoms with Gasteiger partial charge >= 0.3 is 12.3 Å². The number of anilines is 2. The van der Waals surface area contributed by atoms with Crippen molar-refractivity contribution in [2.24, 2.45) is 7.05 Å². The van der Waals surface area contributed by atoms with Gasteiger partial charge in [-0.1, -0.05) is 0 Å². The number of hydrogen-bond acceptors (Lipinski definition) is 7. The number of amides is 1. The molecule has 0 bridgehead atoms. The predicted molar refractivity (Wildman–Crippen MR) is 129 cm³/mol. The van der Waals surface area contributed by atoms with Crippen LogP contribution in [0.3, 0.4) is 0 Å². The molecule has 0 aliphatic carbocycles. The summed E-state index contributed by atoms with van der Waals surface area (Å²) in [6.45, 7) is 4.40. The first-order chi connectivity index (χ1) is 16.9. The minimum absolute atomic E-state index is 0.00884. The third-order valence-corrected chi connectivity index (χ3v) is 6.13. The van der Waals surface area contributed by atoms with E-state index in [1.54, 1.807) is 18.7 Å². The van der Waals surface area contributed by atoms with Crippen LogP contribution in [-0.2, 0) is 13.2 Å². The minimum atomic E-state index is -4.55. The molecule has 3 aromatic rings. The van der Waals surface area contributed by atoms with Crippen molar-refractivity contribution in [3.8, 4) is 5.88 Å². The maximum Gasteiger partial charge on any atom is 0.416 e. The van der Waals surface area contributed by atoms with Crippen molar-refractivity contribution in [2.45, 2.75) is 45.3 Å². The molecule has 1 aromatic carbocycles. The summed E-state index contributed by atoms with van der Waals surface area (Å²) < 4.78 is 46.6. The van der Waals surface area contributed by atoms with E-state index < -0.39 is 29.4 Å². The number of fused-ring (bicyclic) bond motifs is 1. The van der Waals surface area contributed by atoms with Crippen molar-refractivity contribution >= 4 is 28.5 Å². The number of halogens is 3. The van der Waals surface area contributed by atoms with Crippen LogP contribution in [0.1, 0.15) is 49.2 Å². The van der Waals surface area contributed by atoms with Crippen LogP contribution in [0.15, 0.2) is 29.1 Å². The number of hydrogen-bond donors (Lipinski definition) is 2. The summed E-state index contributed by atoms with van der Waals surface area (Å²) in [5, 5.41) is 3.34. The number of nitrogens with two attached hydrogens (primary N) is 1. The molecular formula is C24H27F3N6O3. The van der Waals surface area contributed by atoms with E-state index in [1.165, 1.54) is 23.7 Å². The van der Waals surface area contributed by atoms with Crippen molar-refractivity contribution < 1.29 is 22.7 Å². The number of nitrogens with zero attached hydrogens (tertiary/aromatic N) is 4. The standard InChI is InChI=1S/C24H27F3N6O3/c1-13(15-9-16(24(25,26)27)11-17(28)10-15)29-21-18-12-19(36-23(35)33-7-5-4-6-8-33)32(3)22(34)20(18)30-14(2)31-21/h9-13H,4-8,28H2,1-3H3,(H,29,30,31). The monoisotopic (exact) mass is 504 g/mol. The first kappa shape index (κ1) is 25.3. The Kier molecular flexibility index (Phi) is 6.79. The van der Waals surface area contributed by atoms with E-state index >= 15 is 0 Å². The number of likely N-dealkylation sites (tertiary alicyclic amines) is 1. The van der Waals surface area contributed by atoms with Crippen LogP contribution in [0.4, 0.5) is 29.5 Å². The van der Waals surface area contributed by atoms with Gasteiger partial charge in [-0.05, 0) is 56.9 Å². The van der Waals surface area contributed by atoms with E-state index in [1.807, 2.05) is 0 Å². The van der Waals surface area contributed by atoms with E-state index in [-0.39, 0.29) is 39.7 Å². The Morgan fingerprint density at radius 3 is 2.50 bits per heavy atom. The van der Waals surface area contributed by atoms with E-state index in [2.05, 4.69) is 15.3 Å². The van der Waals surface area contributed by atoms with Crippen LogP contribution in [-0.4, -0.2) is 38.6 Å². The van der Waals surface area contributed by atoms with Crippen molar-refractivity contribution in [2.75, 3.05) is 24.1 Å². The summed E-state index contributed by atoms with van der Waals surface area (Å²) >= 11 is 0. The Morgan fingerprint density at radius 1 is 1.14 bits per heavy atom. The third kappa shape index (κ3) is 5.21. The molecule has 3 heterocycles. The number of piperidine rings is 1. The van der Waals surface area contributed by atoms with Crippen LogP contribution in [0, 0.1) is 6.92 Å². The van der Waals surface area contributed by atoms with Crippen molar-refractivity contribution in [1.29, 1.82) is 0 Å². The molecule has 1 amide bonds. The highest BCUT2D eigenvalue weighted by atomic mass is 19.4. The molecule has 1 aliphatic heterocycles. The van der Waals surface area contributed by atoms with Crippen molar-refractivity contribution in [1.82, 2.24) is 19.4 Å². The second-order valence-electron chi connectivity index (χ2n) is 8.90. The molecule has 2 aromatic heterocycles. The van der Waals surface area contributed by atoms with Crippen LogP contribution in [0.2, 0.25) is 0 Å². The first-order valence-corrected chi connectivity index (χ1v) is 11.5. The molecule has 4 rings (SSSR count). The fraction of sp³-hybridized carbons (Fsp3) is 0.417. The smallest absolute Gasteiger partial charge is 0.399 e. The van der Waals surface area contributed by atoms with Gasteiger partial charge in [0.1, 0.15) is 17.2 Å². The van der Waals surface area contributed by atoms with Crippen LogP contribution < -0.4 is 21.3 Å². The van der Waals surface area contributed by atoms with Gasteiger partial charge in [-0.25, -0.2) is 14.8 Å². The summed E-state index contributed by atoms with van der Waals surface area (Å²) in [4.78, 5) is 35.9. The zero-order valence-electron chi connectivity index (χ0n) is 20.1. The van der Waals surface area contributed by atoms with Gasteiger partial charge in [-0.15, -0.1) is 0 Å². The number of carbonyl (C=O) groups excluding carboxylic acids is 1. The predicted octanol–water partition coefficient (Wildman–Crippen LogP) is 4.40. The second kappa shape index (κ2) is 9.67. The molecule has 1 fully saturated rings. The lowest BCUT2D eigenvalue weighted by Crippen LogP contribution is -2.38. The van der Waals surface area contributed by atoms with Crippen LogP contribution in [0.5, 0.6) is 5.88 Å². The molecule has 1 aliphatic rings. The summed E-state index contributed by atoms with van der Waals surface area (Å²) in [6.07, 6.45) is -2.31. The number of carbonyl (C=O) groups is 1. The van der Waals surface area contributed by atoms with Gasteiger partial charge < -0.3 is 20.7 Å². The largest absolute Gasteiger partial charge is 0.416 e. The fourth-order valence-corrected chi connectivity index (χ4v) is 4.18. The van der Waals surface area contributed by atoms with E-state index in [0.717, 1.165) is 31.4 Å². The Morgan fingerprint density at radius 2 is 1.83 bits per heavy atom. The van der Waals surface area contributed by atoms with Gasteiger partial charge in [0.25, 0.3) is 5.56 Å². The number of nitrogen functional groups attached to an aromatic ring is 1. The number of pyridine rings is 1. The molecule has 0 radical (unpaired) electrons. The van der Waals surface area contributed by atoms with Gasteiger partial charge in [0.15, 0.2) is 0 Å². The number of alkyl halides is 3. The summed E-state index contributed by atoms with van der Waals surface area (Å²) in [5.74, 6) is 0.513. The quantitative estimate of drug-likeness (QED) is 0.506. The second-order valence-corrected chi connectivity index (χ2v) is 8.90. The number of aryl methyl sites for hydroxylation is 1. The summed E-state index contributed by atoms with van der Waals surface area (Å²) in [7, 11) is 1.47. The normalized spacial score (nSPS) is 15.1. The molecule has 9 nitrogen and oxygen atoms in total. The molecule has 1 unspecified atom stereocenters. The minimum Gasteiger partial charge on any atom is -0.399 e. The summed E-state index contributed by atoms with van der Waals surface area (Å²) in [5.41, 5.74) is 4.69. The van der Waals surface area contributed by atoms with Crippen LogP contribution in [0.25, 0.3) is 10.9 Å². The lowest BCUT2D eigenvalue weighted by molar-refractivity contribution is -0.137. The average molecular weight is 505 g/mol. The van der Waals surface area contributed by atoms with E-state index in [4.69, 9.17) is 10.5 Å². The summed E-state index contributed by atoms with van der Waals surface area (Å²) in [6, 6.07) is 4.14. The molecule has 192 valence electrons. The third-order valence-electron chi connectivity index (χ3n) is 6.13. The maximum absolute atomic E-state index is 13.3. The van der Waals surface area contributed by atoms with Gasteiger partial charge in [0, 0.05) is 31.9 Å². The number of ether oxygens (including phenoxy) is 1. The Hall–Kier alpha value is -3.83. The SMILES string of the molecule is Cc1nc(NC(C)c2cc(N)cc(C(F)(F)F)c2)c2cc(OC(=O)N3CCCCC3)n(C)c(=O)c2n1. The molecule has 0 spiro atoms.